The van der Waals surface area contributed by atoms with Gasteiger partial charge in [-0.1, -0.05) is 42.6 Å². The SMILES string of the molecule is CCCC(NC(=O)Cn1ccc(=O)[nH]c1=O)c1ccc(Cl)c(Cl)c1. The first-order chi connectivity index (χ1) is 11.4. The summed E-state index contributed by atoms with van der Waals surface area (Å²) >= 11 is 12.0. The third-order valence-electron chi connectivity index (χ3n) is 3.47. The first-order valence-corrected chi connectivity index (χ1v) is 8.20. The first kappa shape index (κ1) is 18.3. The highest BCUT2D eigenvalue weighted by Crippen LogP contribution is 2.27. The van der Waals surface area contributed by atoms with Crippen LogP contribution >= 0.6 is 23.2 Å². The molecule has 0 spiro atoms. The molecule has 1 heterocycles. The molecule has 0 aliphatic heterocycles. The Kier molecular flexibility index (Phi) is 6.23. The van der Waals surface area contributed by atoms with Crippen LogP contribution in [0.25, 0.3) is 0 Å². The van der Waals surface area contributed by atoms with E-state index < -0.39 is 11.2 Å². The van der Waals surface area contributed by atoms with Gasteiger partial charge in [0.1, 0.15) is 6.54 Å². The summed E-state index contributed by atoms with van der Waals surface area (Å²) in [5, 5.41) is 3.74. The van der Waals surface area contributed by atoms with Crippen LogP contribution in [-0.4, -0.2) is 15.5 Å². The molecule has 128 valence electrons. The van der Waals surface area contributed by atoms with Gasteiger partial charge in [-0.2, -0.15) is 0 Å². The van der Waals surface area contributed by atoms with E-state index in [-0.39, 0.29) is 18.5 Å². The van der Waals surface area contributed by atoms with Gasteiger partial charge in [-0.05, 0) is 24.1 Å². The second-order valence-electron chi connectivity index (χ2n) is 5.32. The van der Waals surface area contributed by atoms with Crippen molar-refractivity contribution in [2.45, 2.75) is 32.4 Å². The van der Waals surface area contributed by atoms with E-state index in [1.807, 2.05) is 6.92 Å². The van der Waals surface area contributed by atoms with Gasteiger partial charge in [-0.15, -0.1) is 0 Å². The quantitative estimate of drug-likeness (QED) is 0.820. The lowest BCUT2D eigenvalue weighted by atomic mass is 10.0. The van der Waals surface area contributed by atoms with Crippen LogP contribution in [0, 0.1) is 0 Å². The Morgan fingerprint density at radius 3 is 2.62 bits per heavy atom. The van der Waals surface area contributed by atoms with Crippen LogP contribution in [0.1, 0.15) is 31.4 Å². The molecular weight excluding hydrogens is 353 g/mol. The fourth-order valence-corrected chi connectivity index (χ4v) is 2.61. The Hall–Kier alpha value is -2.05. The molecule has 2 N–H and O–H groups in total. The molecule has 1 aromatic carbocycles. The van der Waals surface area contributed by atoms with Crippen molar-refractivity contribution in [1.29, 1.82) is 0 Å². The van der Waals surface area contributed by atoms with Crippen LogP contribution in [0.2, 0.25) is 10.0 Å². The number of amides is 1. The van der Waals surface area contributed by atoms with Gasteiger partial charge in [0.2, 0.25) is 5.91 Å². The molecule has 8 heteroatoms. The summed E-state index contributed by atoms with van der Waals surface area (Å²) in [7, 11) is 0. The van der Waals surface area contributed by atoms with Gasteiger partial charge in [0.05, 0.1) is 16.1 Å². The van der Waals surface area contributed by atoms with Crippen LogP contribution in [0.5, 0.6) is 0 Å². The van der Waals surface area contributed by atoms with Gasteiger partial charge in [-0.3, -0.25) is 19.1 Å². The number of halogens is 2. The minimum atomic E-state index is -0.626. The van der Waals surface area contributed by atoms with Gasteiger partial charge in [0, 0.05) is 12.3 Å². The predicted octanol–water partition coefficient (Wildman–Crippen LogP) is 2.50. The molecule has 0 bridgehead atoms. The predicted molar refractivity (Wildman–Crippen MR) is 93.6 cm³/mol. The first-order valence-electron chi connectivity index (χ1n) is 7.44. The molecule has 1 unspecified atom stereocenters. The average molecular weight is 370 g/mol. The maximum absolute atomic E-state index is 12.2. The average Bonchev–Trinajstić information content (AvgIpc) is 2.52. The van der Waals surface area contributed by atoms with Crippen LogP contribution in [0.4, 0.5) is 0 Å². The van der Waals surface area contributed by atoms with Crippen molar-refractivity contribution in [3.63, 3.8) is 0 Å². The fraction of sp³-hybridized carbons (Fsp3) is 0.312. The van der Waals surface area contributed by atoms with E-state index in [0.717, 1.165) is 16.6 Å². The molecule has 0 saturated heterocycles. The normalized spacial score (nSPS) is 12.0. The Balaban J connectivity index is 2.14. The van der Waals surface area contributed by atoms with Crippen molar-refractivity contribution in [1.82, 2.24) is 14.9 Å². The van der Waals surface area contributed by atoms with E-state index in [0.29, 0.717) is 16.5 Å². The number of hydrogen-bond donors (Lipinski definition) is 2. The third-order valence-corrected chi connectivity index (χ3v) is 4.21. The largest absolute Gasteiger partial charge is 0.348 e. The fourth-order valence-electron chi connectivity index (χ4n) is 2.30. The lowest BCUT2D eigenvalue weighted by Gasteiger charge is -2.19. The molecule has 6 nitrogen and oxygen atoms in total. The Morgan fingerprint density at radius 2 is 2.00 bits per heavy atom. The summed E-state index contributed by atoms with van der Waals surface area (Å²) in [5.74, 6) is -0.339. The van der Waals surface area contributed by atoms with Gasteiger partial charge >= 0.3 is 5.69 Å². The topological polar surface area (TPSA) is 84.0 Å². The number of aromatic amines is 1. The van der Waals surface area contributed by atoms with Crippen LogP contribution in [-0.2, 0) is 11.3 Å². The molecule has 2 rings (SSSR count). The number of carbonyl (C=O) groups excluding carboxylic acids is 1. The summed E-state index contributed by atoms with van der Waals surface area (Å²) in [5.41, 5.74) is -0.288. The number of hydrogen-bond acceptors (Lipinski definition) is 3. The maximum atomic E-state index is 12.2. The lowest BCUT2D eigenvalue weighted by Crippen LogP contribution is -2.37. The number of H-pyrrole nitrogens is 1. The molecule has 1 atom stereocenters. The highest BCUT2D eigenvalue weighted by Gasteiger charge is 2.15. The molecule has 24 heavy (non-hydrogen) atoms. The van der Waals surface area contributed by atoms with Crippen molar-refractivity contribution in [3.05, 3.63) is 66.9 Å². The zero-order valence-electron chi connectivity index (χ0n) is 13.0. The van der Waals surface area contributed by atoms with Crippen molar-refractivity contribution in [3.8, 4) is 0 Å². The Morgan fingerprint density at radius 1 is 1.25 bits per heavy atom. The van der Waals surface area contributed by atoms with Crippen molar-refractivity contribution < 1.29 is 4.79 Å². The summed E-state index contributed by atoms with van der Waals surface area (Å²) < 4.78 is 1.13. The van der Waals surface area contributed by atoms with Gasteiger partial charge in [0.15, 0.2) is 0 Å². The van der Waals surface area contributed by atoms with E-state index in [4.69, 9.17) is 23.2 Å². The minimum absolute atomic E-state index is 0.183. The smallest absolute Gasteiger partial charge is 0.328 e. The van der Waals surface area contributed by atoms with Crippen LogP contribution < -0.4 is 16.6 Å². The highest BCUT2D eigenvalue weighted by atomic mass is 35.5. The van der Waals surface area contributed by atoms with E-state index in [2.05, 4.69) is 10.3 Å². The van der Waals surface area contributed by atoms with Crippen LogP contribution in [0.3, 0.4) is 0 Å². The van der Waals surface area contributed by atoms with Gasteiger partial charge < -0.3 is 5.32 Å². The maximum Gasteiger partial charge on any atom is 0.328 e. The molecule has 0 saturated carbocycles. The number of nitrogens with zero attached hydrogens (tertiary/aromatic N) is 1. The molecule has 0 radical (unpaired) electrons. The summed E-state index contributed by atoms with van der Waals surface area (Å²) in [6, 6.07) is 6.16. The standard InChI is InChI=1S/C16H17Cl2N3O3/c1-2-3-13(10-4-5-11(17)12(18)8-10)19-15(23)9-21-7-6-14(22)20-16(21)24/h4-8,13H,2-3,9H2,1H3,(H,19,23)(H,20,22,24). The van der Waals surface area contributed by atoms with Gasteiger partial charge in [0.25, 0.3) is 5.56 Å². The second-order valence-corrected chi connectivity index (χ2v) is 6.13. The summed E-state index contributed by atoms with van der Waals surface area (Å²) in [6.45, 7) is 1.82. The van der Waals surface area contributed by atoms with E-state index >= 15 is 0 Å². The number of nitrogens with one attached hydrogen (secondary N) is 2. The van der Waals surface area contributed by atoms with E-state index in [1.165, 1.54) is 12.3 Å². The highest BCUT2D eigenvalue weighted by molar-refractivity contribution is 6.42. The zero-order valence-corrected chi connectivity index (χ0v) is 14.5. The summed E-state index contributed by atoms with van der Waals surface area (Å²) in [4.78, 5) is 37.0. The van der Waals surface area contributed by atoms with Crippen molar-refractivity contribution >= 4 is 29.1 Å². The summed E-state index contributed by atoms with van der Waals surface area (Å²) in [6.07, 6.45) is 2.85. The minimum Gasteiger partial charge on any atom is -0.348 e. The van der Waals surface area contributed by atoms with Gasteiger partial charge in [-0.25, -0.2) is 4.79 Å². The monoisotopic (exact) mass is 369 g/mol. The molecule has 0 aliphatic rings. The molecule has 1 aromatic heterocycles. The molecule has 0 aliphatic carbocycles. The second kappa shape index (κ2) is 8.17. The number of aromatic nitrogens is 2. The number of carbonyl (C=O) groups is 1. The van der Waals surface area contributed by atoms with Crippen LogP contribution in [0.15, 0.2) is 40.1 Å². The Labute approximate surface area is 148 Å². The van der Waals surface area contributed by atoms with E-state index in [1.54, 1.807) is 18.2 Å². The Bertz CT molecular complexity index is 845. The molecule has 0 fully saturated rings. The third kappa shape index (κ3) is 4.72. The zero-order chi connectivity index (χ0) is 17.7. The molecular formula is C16H17Cl2N3O3. The lowest BCUT2D eigenvalue weighted by molar-refractivity contribution is -0.122. The van der Waals surface area contributed by atoms with E-state index in [9.17, 15) is 14.4 Å². The number of rotatable bonds is 6. The number of benzene rings is 1. The van der Waals surface area contributed by atoms with Crippen molar-refractivity contribution in [2.24, 2.45) is 0 Å². The molecule has 1 amide bonds. The molecule has 2 aromatic rings. The van der Waals surface area contributed by atoms with Crippen molar-refractivity contribution in [2.75, 3.05) is 0 Å².